The zero-order valence-corrected chi connectivity index (χ0v) is 29.9. The average Bonchev–Trinajstić information content (AvgIpc) is 3.94. The van der Waals surface area contributed by atoms with E-state index >= 15 is 0 Å². The highest BCUT2D eigenvalue weighted by atomic mass is 16.6. The number of benzene rings is 6. The summed E-state index contributed by atoms with van der Waals surface area (Å²) in [5, 5.41) is 4.88. The number of ether oxygens (including phenoxy) is 2. The number of rotatable bonds is 8. The van der Waals surface area contributed by atoms with Crippen LogP contribution in [-0.4, -0.2) is 12.6 Å². The van der Waals surface area contributed by atoms with Crippen LogP contribution in [0.2, 0.25) is 0 Å². The van der Waals surface area contributed by atoms with Crippen molar-refractivity contribution < 1.29 is 14.3 Å². The standard InChI is InChI=1S/C49H42O3/c1-29(2)28-51-48(32-15-11-16-32)40-22-7-5-18-35(40)38-21-12-20-36-33(25-26-43(48)46(36)38)39-27-44(39)49(52-47(50)30(3)4)41-23-8-6-17-34(41)37-19-9-13-31-14-10-24-42(49)45(31)37/h5-10,12-14,17-26,32,39,44H,1,3,11,15-16,27-28H2,2,4H3/t39?,44?,48-,49?/m0/s1. The lowest BCUT2D eigenvalue weighted by Gasteiger charge is -2.49. The van der Waals surface area contributed by atoms with Crippen molar-refractivity contribution in [2.45, 2.75) is 56.7 Å². The second kappa shape index (κ2) is 11.4. The van der Waals surface area contributed by atoms with Crippen LogP contribution in [0, 0.1) is 11.8 Å². The molecule has 0 aromatic heterocycles. The molecule has 2 fully saturated rings. The molecule has 52 heavy (non-hydrogen) atoms. The molecule has 4 aliphatic rings. The van der Waals surface area contributed by atoms with Gasteiger partial charge in [-0.2, -0.15) is 0 Å². The van der Waals surface area contributed by atoms with Gasteiger partial charge in [0.05, 0.1) is 6.61 Å². The molecule has 0 N–H and O–H groups in total. The summed E-state index contributed by atoms with van der Waals surface area (Å²) in [7, 11) is 0. The minimum absolute atomic E-state index is 0.0277. The quantitative estimate of drug-likeness (QED) is 0.0913. The Morgan fingerprint density at radius 2 is 1.27 bits per heavy atom. The van der Waals surface area contributed by atoms with Crippen LogP contribution in [0.15, 0.2) is 140 Å². The van der Waals surface area contributed by atoms with Crippen LogP contribution in [0.5, 0.6) is 0 Å². The third kappa shape index (κ3) is 4.20. The predicted octanol–water partition coefficient (Wildman–Crippen LogP) is 11.8. The van der Waals surface area contributed by atoms with Gasteiger partial charge < -0.3 is 9.47 Å². The Morgan fingerprint density at radius 3 is 1.94 bits per heavy atom. The van der Waals surface area contributed by atoms with Crippen molar-refractivity contribution >= 4 is 27.5 Å². The van der Waals surface area contributed by atoms with Gasteiger partial charge in [0, 0.05) is 22.6 Å². The molecule has 6 aromatic carbocycles. The normalized spacial score (nSPS) is 23.7. The summed E-state index contributed by atoms with van der Waals surface area (Å²) in [4.78, 5) is 13.8. The van der Waals surface area contributed by atoms with E-state index in [2.05, 4.69) is 135 Å². The second-order valence-electron chi connectivity index (χ2n) is 15.7. The number of fused-ring (bicyclic) bond motifs is 4. The van der Waals surface area contributed by atoms with Gasteiger partial charge in [-0.15, -0.1) is 0 Å². The molecule has 3 unspecified atom stereocenters. The highest BCUT2D eigenvalue weighted by Gasteiger charge is 2.61. The molecule has 0 spiro atoms. The third-order valence-electron chi connectivity index (χ3n) is 12.6. The first-order valence-electron chi connectivity index (χ1n) is 18.8. The Morgan fingerprint density at radius 1 is 0.673 bits per heavy atom. The Labute approximate surface area is 305 Å². The minimum Gasteiger partial charge on any atom is -0.446 e. The van der Waals surface area contributed by atoms with Gasteiger partial charge in [-0.3, -0.25) is 0 Å². The SMILES string of the molecule is C=C(C)CO[C@@]1(C2CCC2)c2ccccc2-c2cccc3c(C4CC4C4(OC(=O)C(=C)C)c5ccccc5-c5cccc6cccc4c56)ccc1c23. The molecule has 6 aromatic rings. The van der Waals surface area contributed by atoms with Crippen molar-refractivity contribution in [2.75, 3.05) is 6.61 Å². The van der Waals surface area contributed by atoms with Crippen molar-refractivity contribution in [3.8, 4) is 22.3 Å². The molecule has 10 rings (SSSR count). The molecule has 0 heterocycles. The van der Waals surface area contributed by atoms with Gasteiger partial charge >= 0.3 is 5.97 Å². The Balaban J connectivity index is 1.20. The molecule has 4 aliphatic carbocycles. The molecule has 4 atom stereocenters. The number of carbonyl (C=O) groups is 1. The van der Waals surface area contributed by atoms with E-state index in [1.807, 2.05) is 0 Å². The van der Waals surface area contributed by atoms with Crippen LogP contribution in [0.3, 0.4) is 0 Å². The van der Waals surface area contributed by atoms with Gasteiger partial charge in [-0.25, -0.2) is 4.79 Å². The van der Waals surface area contributed by atoms with Crippen molar-refractivity contribution in [3.63, 3.8) is 0 Å². The van der Waals surface area contributed by atoms with E-state index in [4.69, 9.17) is 9.47 Å². The summed E-state index contributed by atoms with van der Waals surface area (Å²) in [5.41, 5.74) is 10.7. The lowest BCUT2D eigenvalue weighted by molar-refractivity contribution is -0.154. The molecule has 0 aliphatic heterocycles. The van der Waals surface area contributed by atoms with Crippen LogP contribution in [0.1, 0.15) is 73.3 Å². The van der Waals surface area contributed by atoms with Gasteiger partial charge in [0.25, 0.3) is 0 Å². The molecule has 3 heteroatoms. The van der Waals surface area contributed by atoms with E-state index in [0.29, 0.717) is 18.1 Å². The summed E-state index contributed by atoms with van der Waals surface area (Å²) >= 11 is 0. The van der Waals surface area contributed by atoms with Gasteiger partial charge in [-0.1, -0.05) is 140 Å². The van der Waals surface area contributed by atoms with E-state index in [1.165, 1.54) is 50.6 Å². The van der Waals surface area contributed by atoms with E-state index < -0.39 is 11.2 Å². The fourth-order valence-corrected chi connectivity index (χ4v) is 10.1. The molecular weight excluding hydrogens is 637 g/mol. The third-order valence-corrected chi connectivity index (χ3v) is 12.6. The Kier molecular flexibility index (Phi) is 6.89. The number of esters is 1. The monoisotopic (exact) mass is 678 g/mol. The molecular formula is C49H42O3. The summed E-state index contributed by atoms with van der Waals surface area (Å²) in [6.07, 6.45) is 4.40. The van der Waals surface area contributed by atoms with E-state index in [1.54, 1.807) is 6.92 Å². The molecule has 0 radical (unpaired) electrons. The molecule has 0 amide bonds. The maximum Gasteiger partial charge on any atom is 0.334 e. The van der Waals surface area contributed by atoms with Gasteiger partial charge in [0.15, 0.2) is 5.60 Å². The molecule has 0 bridgehead atoms. The lowest BCUT2D eigenvalue weighted by atomic mass is 9.61. The average molecular weight is 679 g/mol. The minimum atomic E-state index is -0.974. The highest BCUT2D eigenvalue weighted by molar-refractivity contribution is 6.06. The topological polar surface area (TPSA) is 35.5 Å². The van der Waals surface area contributed by atoms with Crippen LogP contribution in [-0.2, 0) is 25.5 Å². The second-order valence-corrected chi connectivity index (χ2v) is 15.7. The van der Waals surface area contributed by atoms with Crippen LogP contribution >= 0.6 is 0 Å². The summed E-state index contributed by atoms with van der Waals surface area (Å²) in [6.45, 7) is 12.6. The predicted molar refractivity (Wildman–Crippen MR) is 210 cm³/mol. The molecule has 0 saturated heterocycles. The van der Waals surface area contributed by atoms with Crippen molar-refractivity contribution in [3.05, 3.63) is 167 Å². The summed E-state index contributed by atoms with van der Waals surface area (Å²) in [5.74, 6) is 0.237. The van der Waals surface area contributed by atoms with Crippen molar-refractivity contribution in [2.24, 2.45) is 11.8 Å². The first-order chi connectivity index (χ1) is 25.3. The molecule has 256 valence electrons. The van der Waals surface area contributed by atoms with Gasteiger partial charge in [0.1, 0.15) is 5.60 Å². The largest absolute Gasteiger partial charge is 0.446 e. The zero-order valence-electron chi connectivity index (χ0n) is 29.9. The fourth-order valence-electron chi connectivity index (χ4n) is 10.1. The summed E-state index contributed by atoms with van der Waals surface area (Å²) in [6, 6.07) is 41.9. The number of hydrogen-bond donors (Lipinski definition) is 0. The zero-order chi connectivity index (χ0) is 35.4. The maximum atomic E-state index is 13.8. The van der Waals surface area contributed by atoms with E-state index in [-0.39, 0.29) is 17.8 Å². The number of carbonyl (C=O) groups excluding carboxylic acids is 1. The smallest absolute Gasteiger partial charge is 0.334 e. The maximum absolute atomic E-state index is 13.8. The first kappa shape index (κ1) is 31.5. The van der Waals surface area contributed by atoms with Crippen molar-refractivity contribution in [1.82, 2.24) is 0 Å². The van der Waals surface area contributed by atoms with Crippen LogP contribution in [0.4, 0.5) is 0 Å². The Hall–Kier alpha value is -5.25. The fraction of sp³-hybridized carbons (Fsp3) is 0.245. The first-order valence-corrected chi connectivity index (χ1v) is 18.8. The number of hydrogen-bond acceptors (Lipinski definition) is 3. The lowest BCUT2D eigenvalue weighted by Crippen LogP contribution is -2.45. The Bertz CT molecular complexity index is 2510. The van der Waals surface area contributed by atoms with E-state index in [9.17, 15) is 4.79 Å². The molecule has 3 nitrogen and oxygen atoms in total. The summed E-state index contributed by atoms with van der Waals surface area (Å²) < 4.78 is 14.1. The molecule has 2 saturated carbocycles. The van der Waals surface area contributed by atoms with E-state index in [0.717, 1.165) is 52.3 Å². The highest BCUT2D eigenvalue weighted by Crippen LogP contribution is 2.66. The van der Waals surface area contributed by atoms with Crippen molar-refractivity contribution in [1.29, 1.82) is 0 Å². The van der Waals surface area contributed by atoms with Crippen LogP contribution < -0.4 is 0 Å². The van der Waals surface area contributed by atoms with Crippen LogP contribution in [0.25, 0.3) is 43.8 Å². The van der Waals surface area contributed by atoms with Gasteiger partial charge in [-0.05, 0) is 105 Å². The van der Waals surface area contributed by atoms with Gasteiger partial charge in [0.2, 0.25) is 0 Å².